The summed E-state index contributed by atoms with van der Waals surface area (Å²) in [6.45, 7) is 5.12. The van der Waals surface area contributed by atoms with E-state index in [1.807, 2.05) is 0 Å². The van der Waals surface area contributed by atoms with Gasteiger partial charge in [-0.3, -0.25) is 9.89 Å². The second-order valence-corrected chi connectivity index (χ2v) is 6.86. The van der Waals surface area contributed by atoms with Gasteiger partial charge in [-0.15, -0.1) is 0 Å². The molecule has 0 radical (unpaired) electrons. The lowest BCUT2D eigenvalue weighted by molar-refractivity contribution is 0.272. The van der Waals surface area contributed by atoms with Gasteiger partial charge in [-0.25, -0.2) is 8.78 Å². The van der Waals surface area contributed by atoms with Crippen LogP contribution in [-0.4, -0.2) is 42.6 Å². The van der Waals surface area contributed by atoms with Crippen molar-refractivity contribution in [3.05, 3.63) is 35.4 Å². The number of halogens is 2. The van der Waals surface area contributed by atoms with Gasteiger partial charge in [0, 0.05) is 18.2 Å². The third-order valence-corrected chi connectivity index (χ3v) is 5.22. The minimum atomic E-state index is -0.514. The molecule has 1 aromatic rings. The number of nitrogens with two attached hydrogens (primary N) is 1. The molecule has 0 amide bonds. The fourth-order valence-electron chi connectivity index (χ4n) is 3.80. The molecule has 0 bridgehead atoms. The molecule has 3 N–H and O–H groups in total. The van der Waals surface area contributed by atoms with Crippen molar-refractivity contribution in [2.75, 3.05) is 19.6 Å². The topological polar surface area (TPSA) is 53.6 Å². The van der Waals surface area contributed by atoms with E-state index in [9.17, 15) is 8.78 Å². The van der Waals surface area contributed by atoms with E-state index in [4.69, 9.17) is 5.73 Å². The van der Waals surface area contributed by atoms with Gasteiger partial charge in [-0.1, -0.05) is 6.92 Å². The first-order chi connectivity index (χ1) is 11.5. The number of rotatable bonds is 5. The van der Waals surface area contributed by atoms with Crippen molar-refractivity contribution < 1.29 is 8.78 Å². The number of guanidine groups is 1. The van der Waals surface area contributed by atoms with Crippen LogP contribution in [-0.2, 0) is 0 Å². The lowest BCUT2D eigenvalue weighted by Crippen LogP contribution is -2.47. The lowest BCUT2D eigenvalue weighted by Gasteiger charge is -2.36. The SMILES string of the molecule is CCN1CCCC1CN=C(N)NC1CC(c2cc(F)cc(F)c2)C1. The quantitative estimate of drug-likeness (QED) is 0.642. The van der Waals surface area contributed by atoms with Crippen LogP contribution in [0.1, 0.15) is 44.1 Å². The highest BCUT2D eigenvalue weighted by atomic mass is 19.1. The number of likely N-dealkylation sites (tertiary alicyclic amines) is 1. The Hall–Kier alpha value is -1.69. The van der Waals surface area contributed by atoms with Gasteiger partial charge < -0.3 is 11.1 Å². The van der Waals surface area contributed by atoms with E-state index in [1.54, 1.807) is 0 Å². The van der Waals surface area contributed by atoms with Crippen LogP contribution in [0, 0.1) is 11.6 Å². The smallest absolute Gasteiger partial charge is 0.188 e. The second kappa shape index (κ2) is 7.47. The van der Waals surface area contributed by atoms with Gasteiger partial charge in [0.15, 0.2) is 5.96 Å². The van der Waals surface area contributed by atoms with E-state index >= 15 is 0 Å². The second-order valence-electron chi connectivity index (χ2n) is 6.86. The van der Waals surface area contributed by atoms with Gasteiger partial charge >= 0.3 is 0 Å². The maximum absolute atomic E-state index is 13.3. The molecule has 24 heavy (non-hydrogen) atoms. The molecular formula is C18H26F2N4. The van der Waals surface area contributed by atoms with Gasteiger partial charge in [0.2, 0.25) is 0 Å². The standard InChI is InChI=1S/C18H26F2N4/c1-2-24-5-3-4-17(24)11-22-18(21)23-16-8-13(9-16)12-6-14(19)10-15(20)7-12/h6-7,10,13,16-17H,2-5,8-9,11H2,1H3,(H3,21,22,23). The average molecular weight is 336 g/mol. The van der Waals surface area contributed by atoms with Gasteiger partial charge in [0.1, 0.15) is 11.6 Å². The van der Waals surface area contributed by atoms with Crippen molar-refractivity contribution in [3.8, 4) is 0 Å². The van der Waals surface area contributed by atoms with Crippen LogP contribution in [0.25, 0.3) is 0 Å². The highest BCUT2D eigenvalue weighted by Crippen LogP contribution is 2.37. The zero-order valence-electron chi connectivity index (χ0n) is 14.1. The summed E-state index contributed by atoms with van der Waals surface area (Å²) < 4.78 is 26.5. The molecule has 3 rings (SSSR count). The molecule has 1 atom stereocenters. The monoisotopic (exact) mass is 336 g/mol. The minimum Gasteiger partial charge on any atom is -0.370 e. The lowest BCUT2D eigenvalue weighted by atomic mass is 9.76. The molecule has 6 heteroatoms. The largest absolute Gasteiger partial charge is 0.370 e. The summed E-state index contributed by atoms with van der Waals surface area (Å²) in [7, 11) is 0. The normalized spacial score (nSPS) is 28.0. The van der Waals surface area contributed by atoms with E-state index in [0.717, 1.165) is 44.1 Å². The molecule has 132 valence electrons. The Balaban J connectivity index is 1.45. The predicted octanol–water partition coefficient (Wildman–Crippen LogP) is 2.60. The summed E-state index contributed by atoms with van der Waals surface area (Å²) in [5.74, 6) is -0.364. The number of hydrogen-bond donors (Lipinski definition) is 2. The molecule has 0 aromatic heterocycles. The summed E-state index contributed by atoms with van der Waals surface area (Å²) in [4.78, 5) is 6.91. The molecule has 0 spiro atoms. The molecular weight excluding hydrogens is 310 g/mol. The van der Waals surface area contributed by atoms with Crippen LogP contribution < -0.4 is 11.1 Å². The predicted molar refractivity (Wildman–Crippen MR) is 92.0 cm³/mol. The number of nitrogens with one attached hydrogen (secondary N) is 1. The van der Waals surface area contributed by atoms with Crippen molar-refractivity contribution in [2.45, 2.75) is 50.6 Å². The molecule has 1 aliphatic carbocycles. The Morgan fingerprint density at radius 2 is 2.00 bits per heavy atom. The summed E-state index contributed by atoms with van der Waals surface area (Å²) in [5, 5.41) is 3.22. The molecule has 2 fully saturated rings. The summed E-state index contributed by atoms with van der Waals surface area (Å²) in [6, 6.07) is 4.48. The number of nitrogens with zero attached hydrogens (tertiary/aromatic N) is 2. The number of benzene rings is 1. The van der Waals surface area contributed by atoms with Crippen molar-refractivity contribution >= 4 is 5.96 Å². The zero-order chi connectivity index (χ0) is 17.1. The Kier molecular flexibility index (Phi) is 5.33. The van der Waals surface area contributed by atoms with E-state index < -0.39 is 11.6 Å². The first-order valence-electron chi connectivity index (χ1n) is 8.81. The zero-order valence-corrected chi connectivity index (χ0v) is 14.1. The van der Waals surface area contributed by atoms with Crippen molar-refractivity contribution in [1.82, 2.24) is 10.2 Å². The van der Waals surface area contributed by atoms with Gasteiger partial charge in [0.25, 0.3) is 0 Å². The molecule has 1 heterocycles. The van der Waals surface area contributed by atoms with E-state index in [2.05, 4.69) is 22.1 Å². The van der Waals surface area contributed by atoms with Gasteiger partial charge in [-0.05, 0) is 62.4 Å². The first-order valence-corrected chi connectivity index (χ1v) is 8.81. The Bertz CT molecular complexity index is 578. The first kappa shape index (κ1) is 17.1. The van der Waals surface area contributed by atoms with Crippen LogP contribution in [0.4, 0.5) is 8.78 Å². The highest BCUT2D eigenvalue weighted by Gasteiger charge is 2.31. The molecule has 2 aliphatic rings. The summed E-state index contributed by atoms with van der Waals surface area (Å²) in [6.07, 6.45) is 4.06. The van der Waals surface area contributed by atoms with Crippen molar-refractivity contribution in [3.63, 3.8) is 0 Å². The number of likely N-dealkylation sites (N-methyl/N-ethyl adjacent to an activating group) is 1. The molecule has 1 aromatic carbocycles. The third-order valence-electron chi connectivity index (χ3n) is 5.22. The van der Waals surface area contributed by atoms with E-state index in [-0.39, 0.29) is 12.0 Å². The van der Waals surface area contributed by atoms with Crippen LogP contribution in [0.15, 0.2) is 23.2 Å². The van der Waals surface area contributed by atoms with Crippen LogP contribution in [0.3, 0.4) is 0 Å². The van der Waals surface area contributed by atoms with E-state index in [0.29, 0.717) is 12.0 Å². The van der Waals surface area contributed by atoms with Gasteiger partial charge in [0.05, 0.1) is 6.54 Å². The highest BCUT2D eigenvalue weighted by molar-refractivity contribution is 5.78. The Morgan fingerprint density at radius 3 is 2.67 bits per heavy atom. The third kappa shape index (κ3) is 4.04. The molecule has 1 saturated heterocycles. The van der Waals surface area contributed by atoms with Crippen LogP contribution >= 0.6 is 0 Å². The summed E-state index contributed by atoms with van der Waals surface area (Å²) >= 11 is 0. The average Bonchev–Trinajstić information content (AvgIpc) is 2.94. The van der Waals surface area contributed by atoms with Crippen molar-refractivity contribution in [1.29, 1.82) is 0 Å². The maximum Gasteiger partial charge on any atom is 0.188 e. The van der Waals surface area contributed by atoms with Crippen LogP contribution in [0.2, 0.25) is 0 Å². The molecule has 1 aliphatic heterocycles. The Labute approximate surface area is 142 Å². The molecule has 4 nitrogen and oxygen atoms in total. The maximum atomic E-state index is 13.3. The summed E-state index contributed by atoms with van der Waals surface area (Å²) in [5.41, 5.74) is 6.71. The number of hydrogen-bond acceptors (Lipinski definition) is 2. The fraction of sp³-hybridized carbons (Fsp3) is 0.611. The molecule has 1 unspecified atom stereocenters. The minimum absolute atomic E-state index is 0.186. The Morgan fingerprint density at radius 1 is 1.29 bits per heavy atom. The van der Waals surface area contributed by atoms with Crippen molar-refractivity contribution in [2.24, 2.45) is 10.7 Å². The number of aliphatic imine (C=N–C) groups is 1. The van der Waals surface area contributed by atoms with E-state index in [1.165, 1.54) is 25.0 Å². The van der Waals surface area contributed by atoms with Crippen LogP contribution in [0.5, 0.6) is 0 Å². The fourth-order valence-corrected chi connectivity index (χ4v) is 3.80. The van der Waals surface area contributed by atoms with Gasteiger partial charge in [-0.2, -0.15) is 0 Å². The molecule has 1 saturated carbocycles.